The van der Waals surface area contributed by atoms with E-state index in [4.69, 9.17) is 9.47 Å². The molecule has 0 radical (unpaired) electrons. The van der Waals surface area contributed by atoms with Crippen molar-refractivity contribution in [3.8, 4) is 11.5 Å². The van der Waals surface area contributed by atoms with Crippen LogP contribution in [0.1, 0.15) is 18.4 Å². The molecule has 0 aromatic heterocycles. The zero-order valence-electron chi connectivity index (χ0n) is 16.6. The fraction of sp³-hybridized carbons (Fsp3) is 0.600. The van der Waals surface area contributed by atoms with Gasteiger partial charge in [-0.3, -0.25) is 14.5 Å². The number of hydrogen-bond acceptors (Lipinski definition) is 6. The van der Waals surface area contributed by atoms with E-state index in [0.29, 0.717) is 18.0 Å². The van der Waals surface area contributed by atoms with Crippen LogP contribution in [0.3, 0.4) is 0 Å². The Bertz CT molecular complexity index is 694. The molecule has 0 bridgehead atoms. The van der Waals surface area contributed by atoms with Crippen molar-refractivity contribution in [3.63, 3.8) is 0 Å². The molecule has 3 rings (SSSR count). The van der Waals surface area contributed by atoms with E-state index >= 15 is 0 Å². The fourth-order valence-corrected chi connectivity index (χ4v) is 4.62. The molecule has 1 N–H and O–H groups in total. The van der Waals surface area contributed by atoms with Crippen molar-refractivity contribution in [1.82, 2.24) is 15.1 Å². The van der Waals surface area contributed by atoms with Gasteiger partial charge >= 0.3 is 0 Å². The summed E-state index contributed by atoms with van der Waals surface area (Å²) in [6.45, 7) is 3.10. The molecule has 2 amide bonds. The Labute approximate surface area is 170 Å². The number of amides is 2. The summed E-state index contributed by atoms with van der Waals surface area (Å²) in [5.41, 5.74) is 0.936. The van der Waals surface area contributed by atoms with Gasteiger partial charge in [-0.05, 0) is 37.1 Å². The van der Waals surface area contributed by atoms with E-state index in [1.165, 1.54) is 0 Å². The minimum Gasteiger partial charge on any atom is -0.493 e. The molecule has 1 aromatic rings. The molecule has 1 aromatic carbocycles. The Hall–Kier alpha value is -1.93. The van der Waals surface area contributed by atoms with E-state index in [-0.39, 0.29) is 24.4 Å². The van der Waals surface area contributed by atoms with Crippen LogP contribution in [0.4, 0.5) is 0 Å². The number of rotatable bonds is 7. The topological polar surface area (TPSA) is 71.1 Å². The average Bonchev–Trinajstić information content (AvgIpc) is 3.20. The minimum absolute atomic E-state index is 0.0660. The molecule has 2 heterocycles. The number of benzene rings is 1. The molecule has 2 aliphatic heterocycles. The number of likely N-dealkylation sites (tertiary alicyclic amines) is 1. The van der Waals surface area contributed by atoms with Gasteiger partial charge in [0, 0.05) is 31.1 Å². The molecule has 7 nitrogen and oxygen atoms in total. The van der Waals surface area contributed by atoms with E-state index < -0.39 is 0 Å². The summed E-state index contributed by atoms with van der Waals surface area (Å²) in [5.74, 6) is 3.43. The number of ether oxygens (including phenoxy) is 2. The van der Waals surface area contributed by atoms with Gasteiger partial charge in [-0.1, -0.05) is 6.07 Å². The highest BCUT2D eigenvalue weighted by molar-refractivity contribution is 7.99. The molecule has 1 unspecified atom stereocenters. The van der Waals surface area contributed by atoms with Crippen molar-refractivity contribution < 1.29 is 19.1 Å². The SMILES string of the molecule is COc1ccc(CNC(=O)CN2CCCC2C(=O)N2CCSCC2)cc1OC. The van der Waals surface area contributed by atoms with Crippen LogP contribution in [0.25, 0.3) is 0 Å². The summed E-state index contributed by atoms with van der Waals surface area (Å²) in [5, 5.41) is 2.95. The van der Waals surface area contributed by atoms with Crippen LogP contribution in [0.2, 0.25) is 0 Å². The lowest BCUT2D eigenvalue weighted by Crippen LogP contribution is -2.50. The van der Waals surface area contributed by atoms with Crippen molar-refractivity contribution in [1.29, 1.82) is 0 Å². The lowest BCUT2D eigenvalue weighted by atomic mass is 10.2. The second-order valence-corrected chi connectivity index (χ2v) is 8.26. The molecule has 8 heteroatoms. The first-order chi connectivity index (χ1) is 13.6. The number of nitrogens with one attached hydrogen (secondary N) is 1. The molecule has 2 aliphatic rings. The Morgan fingerprint density at radius 2 is 1.89 bits per heavy atom. The van der Waals surface area contributed by atoms with Crippen molar-refractivity contribution in [2.45, 2.75) is 25.4 Å². The van der Waals surface area contributed by atoms with Gasteiger partial charge in [0.25, 0.3) is 0 Å². The van der Waals surface area contributed by atoms with Crippen LogP contribution in [-0.2, 0) is 16.1 Å². The molecule has 0 spiro atoms. The molecule has 0 aliphatic carbocycles. The van der Waals surface area contributed by atoms with Gasteiger partial charge in [-0.15, -0.1) is 0 Å². The normalized spacial score (nSPS) is 20.1. The zero-order valence-corrected chi connectivity index (χ0v) is 17.4. The first-order valence-electron chi connectivity index (χ1n) is 9.70. The molecule has 2 saturated heterocycles. The second-order valence-electron chi connectivity index (χ2n) is 7.03. The molecular formula is C20H29N3O4S. The molecule has 0 saturated carbocycles. The molecule has 154 valence electrons. The number of thioether (sulfide) groups is 1. The summed E-state index contributed by atoms with van der Waals surface area (Å²) >= 11 is 1.89. The summed E-state index contributed by atoms with van der Waals surface area (Å²) < 4.78 is 10.5. The summed E-state index contributed by atoms with van der Waals surface area (Å²) in [7, 11) is 3.18. The Morgan fingerprint density at radius 3 is 2.61 bits per heavy atom. The van der Waals surface area contributed by atoms with E-state index in [1.807, 2.05) is 39.8 Å². The summed E-state index contributed by atoms with van der Waals surface area (Å²) in [6, 6.07) is 5.43. The Kier molecular flexibility index (Phi) is 7.44. The second kappa shape index (κ2) is 10.0. The highest BCUT2D eigenvalue weighted by Gasteiger charge is 2.34. The number of carbonyl (C=O) groups is 2. The first kappa shape index (κ1) is 20.8. The molecule has 28 heavy (non-hydrogen) atoms. The molecular weight excluding hydrogens is 378 g/mol. The predicted molar refractivity (Wildman–Crippen MR) is 110 cm³/mol. The molecule has 2 fully saturated rings. The van der Waals surface area contributed by atoms with Crippen molar-refractivity contribution >= 4 is 23.6 Å². The van der Waals surface area contributed by atoms with Gasteiger partial charge in [-0.25, -0.2) is 0 Å². The standard InChI is InChI=1S/C20H29N3O4S/c1-26-17-6-5-15(12-18(17)27-2)13-21-19(24)14-23-7-3-4-16(23)20(25)22-8-10-28-11-9-22/h5-6,12,16H,3-4,7-11,13-14H2,1-2H3,(H,21,24). The van der Waals surface area contributed by atoms with E-state index in [9.17, 15) is 9.59 Å². The highest BCUT2D eigenvalue weighted by Crippen LogP contribution is 2.27. The van der Waals surface area contributed by atoms with E-state index in [0.717, 1.165) is 49.5 Å². The van der Waals surface area contributed by atoms with Gasteiger partial charge in [0.2, 0.25) is 11.8 Å². The van der Waals surface area contributed by atoms with E-state index in [2.05, 4.69) is 5.32 Å². The molecule has 1 atom stereocenters. The highest BCUT2D eigenvalue weighted by atomic mass is 32.2. The Balaban J connectivity index is 1.51. The largest absolute Gasteiger partial charge is 0.493 e. The summed E-state index contributed by atoms with van der Waals surface area (Å²) in [6.07, 6.45) is 1.80. The average molecular weight is 408 g/mol. The van der Waals surface area contributed by atoms with Crippen LogP contribution in [-0.4, -0.2) is 79.6 Å². The third-order valence-electron chi connectivity index (χ3n) is 5.26. The first-order valence-corrected chi connectivity index (χ1v) is 10.9. The quantitative estimate of drug-likeness (QED) is 0.736. The van der Waals surface area contributed by atoms with Crippen LogP contribution in [0.5, 0.6) is 11.5 Å². The number of carbonyl (C=O) groups excluding carboxylic acids is 2. The van der Waals surface area contributed by atoms with Gasteiger partial charge in [0.1, 0.15) is 0 Å². The number of nitrogens with zero attached hydrogens (tertiary/aromatic N) is 2. The zero-order chi connectivity index (χ0) is 19.9. The fourth-order valence-electron chi connectivity index (χ4n) is 3.72. The van der Waals surface area contributed by atoms with Gasteiger partial charge < -0.3 is 19.7 Å². The maximum atomic E-state index is 12.8. The lowest BCUT2D eigenvalue weighted by molar-refractivity contribution is -0.136. The van der Waals surface area contributed by atoms with Gasteiger partial charge in [-0.2, -0.15) is 11.8 Å². The predicted octanol–water partition coefficient (Wildman–Crippen LogP) is 1.36. The lowest BCUT2D eigenvalue weighted by Gasteiger charge is -2.32. The number of methoxy groups -OCH3 is 2. The van der Waals surface area contributed by atoms with Crippen LogP contribution in [0.15, 0.2) is 18.2 Å². The smallest absolute Gasteiger partial charge is 0.239 e. The maximum Gasteiger partial charge on any atom is 0.239 e. The van der Waals surface area contributed by atoms with Crippen LogP contribution >= 0.6 is 11.8 Å². The third-order valence-corrected chi connectivity index (χ3v) is 6.20. The minimum atomic E-state index is -0.157. The van der Waals surface area contributed by atoms with Crippen LogP contribution in [0, 0.1) is 0 Å². The maximum absolute atomic E-state index is 12.8. The van der Waals surface area contributed by atoms with Crippen molar-refractivity contribution in [3.05, 3.63) is 23.8 Å². The van der Waals surface area contributed by atoms with Crippen LogP contribution < -0.4 is 14.8 Å². The monoisotopic (exact) mass is 407 g/mol. The van der Waals surface area contributed by atoms with Gasteiger partial charge in [0.15, 0.2) is 11.5 Å². The number of hydrogen-bond donors (Lipinski definition) is 1. The van der Waals surface area contributed by atoms with Crippen molar-refractivity contribution in [2.75, 3.05) is 51.9 Å². The van der Waals surface area contributed by atoms with Gasteiger partial charge in [0.05, 0.1) is 26.8 Å². The third kappa shape index (κ3) is 5.11. The summed E-state index contributed by atoms with van der Waals surface area (Å²) in [4.78, 5) is 29.3. The Morgan fingerprint density at radius 1 is 1.14 bits per heavy atom. The van der Waals surface area contributed by atoms with E-state index in [1.54, 1.807) is 14.2 Å². The van der Waals surface area contributed by atoms with Crippen molar-refractivity contribution in [2.24, 2.45) is 0 Å².